The fourth-order valence-corrected chi connectivity index (χ4v) is 5.36. The van der Waals surface area contributed by atoms with Crippen molar-refractivity contribution < 1.29 is 32.6 Å². The minimum absolute atomic E-state index is 0.176. The first kappa shape index (κ1) is 24.6. The molecule has 0 fully saturated rings. The summed E-state index contributed by atoms with van der Waals surface area (Å²) in [6.07, 6.45) is -3.19. The van der Waals surface area contributed by atoms with Crippen molar-refractivity contribution in [3.63, 3.8) is 0 Å². The molecule has 0 radical (unpaired) electrons. The number of H-pyrrole nitrogens is 1. The average molecular weight is 554 g/mol. The molecule has 0 aliphatic heterocycles. The molecular weight excluding hydrogens is 535 g/mol. The second kappa shape index (κ2) is 8.91. The average Bonchev–Trinajstić information content (AvgIpc) is 3.68. The van der Waals surface area contributed by atoms with E-state index in [9.17, 15) is 28.2 Å². The number of hydrogen-bond acceptors (Lipinski definition) is 8. The molecule has 9 nitrogen and oxygen atoms in total. The standard InChI is InChI=1S/C26H18F3N5O4S/c1-11-5-18(26(27,28)29)33-25-19(11)16(10-39-25)32-24(37)15-9-31-34-20(15)12-3-2-4-14(6-12)30-8-13-7-17-21(35)22(36)23(13)38-17/h2-7,9-10,30,35-36H,8H2,1H3,(H,31,34)(H,32,37). The van der Waals surface area contributed by atoms with Gasteiger partial charge in [-0.05, 0) is 36.8 Å². The molecule has 6 rings (SSSR count). The fraction of sp³-hybridized carbons (Fsp3) is 0.115. The normalized spacial score (nSPS) is 12.0. The molecule has 0 unspecified atom stereocenters. The molecule has 0 aliphatic rings. The Labute approximate surface area is 221 Å². The Bertz CT molecular complexity index is 1860. The molecule has 5 heterocycles. The number of halogens is 3. The Balaban J connectivity index is 1.22. The molecule has 5 N–H and O–H groups in total. The van der Waals surface area contributed by atoms with Gasteiger partial charge in [0.2, 0.25) is 11.5 Å². The Kier molecular flexibility index (Phi) is 5.61. The van der Waals surface area contributed by atoms with Crippen LogP contribution >= 0.6 is 11.3 Å². The van der Waals surface area contributed by atoms with Gasteiger partial charge >= 0.3 is 6.18 Å². The highest BCUT2D eigenvalue weighted by Crippen LogP contribution is 2.43. The number of pyridine rings is 1. The van der Waals surface area contributed by atoms with Crippen LogP contribution in [-0.2, 0) is 12.7 Å². The Morgan fingerprint density at radius 2 is 2.00 bits per heavy atom. The number of phenolic OH excluding ortho intramolecular Hbond substituents is 2. The number of alkyl halides is 3. The number of furan rings is 2. The predicted molar refractivity (Wildman–Crippen MR) is 139 cm³/mol. The van der Waals surface area contributed by atoms with E-state index in [-0.39, 0.29) is 33.1 Å². The number of nitrogens with one attached hydrogen (secondary N) is 3. The lowest BCUT2D eigenvalue weighted by Crippen LogP contribution is -2.12. The summed E-state index contributed by atoms with van der Waals surface area (Å²) in [5.74, 6) is -1.07. The van der Waals surface area contributed by atoms with Crippen LogP contribution in [0.5, 0.6) is 11.5 Å². The molecule has 5 aromatic heterocycles. The number of hydrogen-bond donors (Lipinski definition) is 5. The molecule has 0 saturated carbocycles. The second-order valence-corrected chi connectivity index (χ2v) is 9.72. The van der Waals surface area contributed by atoms with Gasteiger partial charge < -0.3 is 25.3 Å². The number of amides is 1. The van der Waals surface area contributed by atoms with Crippen molar-refractivity contribution in [2.75, 3.05) is 10.6 Å². The minimum Gasteiger partial charge on any atom is -0.502 e. The lowest BCUT2D eigenvalue weighted by atomic mass is 10.1. The number of thiophene rings is 1. The van der Waals surface area contributed by atoms with Crippen LogP contribution in [0.1, 0.15) is 27.2 Å². The number of aryl methyl sites for hydroxylation is 1. The van der Waals surface area contributed by atoms with E-state index in [1.807, 2.05) is 6.07 Å². The van der Waals surface area contributed by atoms with E-state index in [4.69, 9.17) is 4.42 Å². The molecule has 6 aromatic rings. The van der Waals surface area contributed by atoms with E-state index >= 15 is 0 Å². The van der Waals surface area contributed by atoms with Crippen molar-refractivity contribution in [2.24, 2.45) is 0 Å². The van der Waals surface area contributed by atoms with Gasteiger partial charge in [-0.3, -0.25) is 9.89 Å². The lowest BCUT2D eigenvalue weighted by Gasteiger charge is -2.10. The number of nitrogens with zero attached hydrogens (tertiary/aromatic N) is 2. The summed E-state index contributed by atoms with van der Waals surface area (Å²) in [6, 6.07) is 9.80. The van der Waals surface area contributed by atoms with E-state index in [1.165, 1.54) is 6.20 Å². The number of phenols is 2. The smallest absolute Gasteiger partial charge is 0.433 e. The molecular formula is C26H18F3N5O4S. The number of carbonyl (C=O) groups excluding carboxylic acids is 1. The molecule has 13 heteroatoms. The van der Waals surface area contributed by atoms with Gasteiger partial charge in [-0.1, -0.05) is 12.1 Å². The van der Waals surface area contributed by atoms with Crippen molar-refractivity contribution in [2.45, 2.75) is 19.6 Å². The van der Waals surface area contributed by atoms with Crippen LogP contribution in [0.4, 0.5) is 24.5 Å². The highest BCUT2D eigenvalue weighted by atomic mass is 32.1. The minimum atomic E-state index is -4.57. The third kappa shape index (κ3) is 4.26. The van der Waals surface area contributed by atoms with Crippen LogP contribution in [0.3, 0.4) is 0 Å². The number of carbonyl (C=O) groups is 1. The summed E-state index contributed by atoms with van der Waals surface area (Å²) in [5, 5.41) is 34.4. The maximum absolute atomic E-state index is 13.2. The van der Waals surface area contributed by atoms with E-state index < -0.39 is 17.8 Å². The fourth-order valence-electron chi connectivity index (χ4n) is 4.42. The molecule has 1 amide bonds. The highest BCUT2D eigenvalue weighted by Gasteiger charge is 2.33. The van der Waals surface area contributed by atoms with Crippen molar-refractivity contribution in [3.05, 3.63) is 70.4 Å². The zero-order valence-corrected chi connectivity index (χ0v) is 20.8. The third-order valence-electron chi connectivity index (χ3n) is 6.28. The Morgan fingerprint density at radius 3 is 2.74 bits per heavy atom. The van der Waals surface area contributed by atoms with E-state index in [0.29, 0.717) is 45.7 Å². The van der Waals surface area contributed by atoms with Gasteiger partial charge in [-0.25, -0.2) is 4.98 Å². The van der Waals surface area contributed by atoms with Gasteiger partial charge in [0.1, 0.15) is 10.5 Å². The summed E-state index contributed by atoms with van der Waals surface area (Å²) < 4.78 is 44.8. The number of aromatic nitrogens is 3. The quantitative estimate of drug-likeness (QED) is 0.149. The maximum Gasteiger partial charge on any atom is 0.433 e. The number of benzene rings is 2. The van der Waals surface area contributed by atoms with Crippen molar-refractivity contribution in [1.29, 1.82) is 0 Å². The van der Waals surface area contributed by atoms with Crippen LogP contribution in [0.15, 0.2) is 52.4 Å². The van der Waals surface area contributed by atoms with Gasteiger partial charge in [-0.2, -0.15) is 18.3 Å². The monoisotopic (exact) mass is 553 g/mol. The number of rotatable bonds is 6. The summed E-state index contributed by atoms with van der Waals surface area (Å²) in [6.45, 7) is 1.85. The van der Waals surface area contributed by atoms with Crippen LogP contribution < -0.4 is 10.6 Å². The van der Waals surface area contributed by atoms with Crippen LogP contribution in [0, 0.1) is 6.92 Å². The molecule has 0 aliphatic carbocycles. The first-order valence-electron chi connectivity index (χ1n) is 11.5. The van der Waals surface area contributed by atoms with E-state index in [2.05, 4.69) is 25.8 Å². The van der Waals surface area contributed by atoms with Crippen LogP contribution in [-0.4, -0.2) is 31.3 Å². The number of fused-ring (bicyclic) bond motifs is 3. The molecule has 2 bridgehead atoms. The van der Waals surface area contributed by atoms with Crippen molar-refractivity contribution in [1.82, 2.24) is 15.2 Å². The van der Waals surface area contributed by atoms with Crippen LogP contribution in [0.2, 0.25) is 0 Å². The summed E-state index contributed by atoms with van der Waals surface area (Å²) in [7, 11) is 0. The first-order chi connectivity index (χ1) is 18.6. The first-order valence-corrected chi connectivity index (χ1v) is 12.4. The van der Waals surface area contributed by atoms with Crippen molar-refractivity contribution >= 4 is 50.0 Å². The van der Waals surface area contributed by atoms with E-state index in [1.54, 1.807) is 36.6 Å². The van der Waals surface area contributed by atoms with E-state index in [0.717, 1.165) is 17.4 Å². The largest absolute Gasteiger partial charge is 0.502 e. The molecule has 0 saturated heterocycles. The molecule has 0 spiro atoms. The zero-order valence-electron chi connectivity index (χ0n) is 20.0. The predicted octanol–water partition coefficient (Wildman–Crippen LogP) is 6.47. The zero-order chi connectivity index (χ0) is 27.5. The lowest BCUT2D eigenvalue weighted by molar-refractivity contribution is -0.141. The third-order valence-corrected chi connectivity index (χ3v) is 7.15. The summed E-state index contributed by atoms with van der Waals surface area (Å²) >= 11 is 1.01. The molecule has 0 atom stereocenters. The number of aromatic amines is 1. The molecule has 1 aromatic carbocycles. The molecule has 39 heavy (non-hydrogen) atoms. The van der Waals surface area contributed by atoms with Gasteiger partial charge in [-0.15, -0.1) is 11.3 Å². The summed E-state index contributed by atoms with van der Waals surface area (Å²) in [4.78, 5) is 17.1. The highest BCUT2D eigenvalue weighted by molar-refractivity contribution is 7.17. The topological polar surface area (TPSA) is 136 Å². The summed E-state index contributed by atoms with van der Waals surface area (Å²) in [5.41, 5.74) is 2.86. The van der Waals surface area contributed by atoms with Crippen LogP contribution in [0.25, 0.3) is 32.6 Å². The second-order valence-electron chi connectivity index (χ2n) is 8.86. The van der Waals surface area contributed by atoms with Gasteiger partial charge in [0, 0.05) is 34.1 Å². The SMILES string of the molecule is Cc1cc(C(F)(F)F)nc2scc(NC(=O)c3cn[nH]c3-c3cccc(NCc4cc5oc4c(O)c5O)c3)c12. The maximum atomic E-state index is 13.2. The van der Waals surface area contributed by atoms with Crippen molar-refractivity contribution in [3.8, 4) is 22.8 Å². The van der Waals surface area contributed by atoms with Gasteiger partial charge in [0.15, 0.2) is 11.2 Å². The van der Waals surface area contributed by atoms with Gasteiger partial charge in [0.05, 0.1) is 23.1 Å². The molecule has 198 valence electrons. The number of anilines is 2. The Hall–Kier alpha value is -4.78. The van der Waals surface area contributed by atoms with Gasteiger partial charge in [0.25, 0.3) is 5.91 Å². The Morgan fingerprint density at radius 1 is 1.18 bits per heavy atom. The number of aromatic hydroxyl groups is 2.